The second kappa shape index (κ2) is 4.92. The van der Waals surface area contributed by atoms with Crippen LogP contribution in [0.4, 0.5) is 0 Å². The molecular weight excluding hydrogens is 186 g/mol. The highest BCUT2D eigenvalue weighted by atomic mass is 35.5. The van der Waals surface area contributed by atoms with E-state index in [1.165, 1.54) is 0 Å². The van der Waals surface area contributed by atoms with Crippen LogP contribution in [0.25, 0.3) is 0 Å². The number of hydrogen-bond acceptors (Lipinski definition) is 2. The largest absolute Gasteiger partial charge is 0.463 e. The van der Waals surface area contributed by atoms with Crippen LogP contribution in [0.15, 0.2) is 24.3 Å². The Morgan fingerprint density at radius 2 is 2.15 bits per heavy atom. The lowest BCUT2D eigenvalue weighted by atomic mass is 10.1. The van der Waals surface area contributed by atoms with Crippen LogP contribution >= 0.6 is 11.6 Å². The monoisotopic (exact) mass is 194 g/mol. The summed E-state index contributed by atoms with van der Waals surface area (Å²) in [5.41, 5.74) is 0.373. The van der Waals surface area contributed by atoms with Gasteiger partial charge in [0, 0.05) is 0 Å². The molecule has 13 heavy (non-hydrogen) atoms. The van der Waals surface area contributed by atoms with E-state index in [0.29, 0.717) is 16.9 Å². The van der Waals surface area contributed by atoms with E-state index in [1.807, 2.05) is 0 Å². The van der Waals surface area contributed by atoms with E-state index in [9.17, 15) is 4.79 Å². The molecule has 0 unspecified atom stereocenters. The Labute approximate surface area is 83.3 Å². The van der Waals surface area contributed by atoms with Crippen molar-refractivity contribution in [1.82, 2.24) is 0 Å². The Morgan fingerprint density at radius 3 is 2.77 bits per heavy atom. The van der Waals surface area contributed by atoms with Gasteiger partial charge in [-0.3, -0.25) is 0 Å². The fourth-order valence-electron chi connectivity index (χ4n) is 0.856. The summed E-state index contributed by atoms with van der Waals surface area (Å²) in [7, 11) is 5.18. The first-order valence-electron chi connectivity index (χ1n) is 3.87. The van der Waals surface area contributed by atoms with E-state index >= 15 is 0 Å². The van der Waals surface area contributed by atoms with Crippen molar-refractivity contribution in [3.63, 3.8) is 0 Å². The van der Waals surface area contributed by atoms with Crippen molar-refractivity contribution in [2.24, 2.45) is 0 Å². The molecule has 0 saturated heterocycles. The number of carbonyl (C=O) groups excluding carboxylic acids is 1. The van der Waals surface area contributed by atoms with Crippen molar-refractivity contribution in [2.45, 2.75) is 6.32 Å². The third kappa shape index (κ3) is 2.78. The molecule has 0 aliphatic heterocycles. The Bertz CT molecular complexity index is 301. The Hall–Kier alpha value is -0.955. The maximum atomic E-state index is 11.3. The standard InChI is InChI=1S/C9H8BClO2/c10-5-6-13-9(12)7-3-1-2-4-8(7)11/h1-4H,5-6H2. The van der Waals surface area contributed by atoms with E-state index in [4.69, 9.17) is 24.2 Å². The third-order valence-corrected chi connectivity index (χ3v) is 1.77. The summed E-state index contributed by atoms with van der Waals surface area (Å²) in [6.45, 7) is 0.212. The number of esters is 1. The van der Waals surface area contributed by atoms with Gasteiger partial charge in [0.25, 0.3) is 0 Å². The topological polar surface area (TPSA) is 26.3 Å². The Balaban J connectivity index is 2.71. The Morgan fingerprint density at radius 1 is 1.46 bits per heavy atom. The second-order valence-electron chi connectivity index (χ2n) is 2.40. The van der Waals surface area contributed by atoms with Gasteiger partial charge in [-0.15, -0.1) is 0 Å². The van der Waals surface area contributed by atoms with Gasteiger partial charge in [-0.05, 0) is 12.1 Å². The van der Waals surface area contributed by atoms with E-state index < -0.39 is 5.97 Å². The highest BCUT2D eigenvalue weighted by molar-refractivity contribution is 6.33. The number of carbonyl (C=O) groups is 1. The average molecular weight is 194 g/mol. The van der Waals surface area contributed by atoms with Gasteiger partial charge in [0.15, 0.2) is 0 Å². The van der Waals surface area contributed by atoms with Crippen molar-refractivity contribution < 1.29 is 9.53 Å². The van der Waals surface area contributed by atoms with Crippen LogP contribution in [0, 0.1) is 0 Å². The molecule has 0 amide bonds. The number of rotatable bonds is 3. The third-order valence-electron chi connectivity index (χ3n) is 1.44. The normalized spacial score (nSPS) is 9.62. The molecule has 2 radical (unpaired) electrons. The zero-order valence-corrected chi connectivity index (χ0v) is 7.75. The Kier molecular flexibility index (Phi) is 3.84. The molecule has 0 spiro atoms. The summed E-state index contributed by atoms with van der Waals surface area (Å²) in [4.78, 5) is 11.3. The number of ether oxygens (including phenoxy) is 1. The van der Waals surface area contributed by atoms with Crippen molar-refractivity contribution >= 4 is 25.4 Å². The maximum Gasteiger partial charge on any atom is 0.339 e. The molecule has 1 aromatic rings. The van der Waals surface area contributed by atoms with Gasteiger partial charge in [-0.1, -0.05) is 30.1 Å². The molecule has 0 aliphatic rings. The van der Waals surface area contributed by atoms with Crippen LogP contribution in [-0.4, -0.2) is 20.4 Å². The lowest BCUT2D eigenvalue weighted by molar-refractivity contribution is 0.0527. The van der Waals surface area contributed by atoms with E-state index in [1.54, 1.807) is 24.3 Å². The maximum absolute atomic E-state index is 11.3. The average Bonchev–Trinajstić information content (AvgIpc) is 2.15. The van der Waals surface area contributed by atoms with Crippen LogP contribution in [-0.2, 0) is 4.74 Å². The predicted molar refractivity (Wildman–Crippen MR) is 52.3 cm³/mol. The molecule has 0 bridgehead atoms. The molecule has 0 aromatic heterocycles. The zero-order valence-electron chi connectivity index (χ0n) is 7.00. The minimum absolute atomic E-state index is 0.212. The second-order valence-corrected chi connectivity index (χ2v) is 2.81. The zero-order chi connectivity index (χ0) is 9.68. The van der Waals surface area contributed by atoms with Crippen molar-refractivity contribution in [1.29, 1.82) is 0 Å². The molecule has 0 heterocycles. The lowest BCUT2D eigenvalue weighted by Gasteiger charge is -2.03. The van der Waals surface area contributed by atoms with Gasteiger partial charge in [-0.25, -0.2) is 4.79 Å². The van der Waals surface area contributed by atoms with Crippen molar-refractivity contribution in [3.8, 4) is 0 Å². The van der Waals surface area contributed by atoms with Crippen LogP contribution in [0.5, 0.6) is 0 Å². The molecule has 66 valence electrons. The SMILES string of the molecule is [B]CCOC(=O)c1ccccc1Cl. The summed E-state index contributed by atoms with van der Waals surface area (Å²) in [5.74, 6) is -0.434. The van der Waals surface area contributed by atoms with Gasteiger partial charge in [-0.2, -0.15) is 0 Å². The van der Waals surface area contributed by atoms with E-state index in [2.05, 4.69) is 0 Å². The van der Waals surface area contributed by atoms with Crippen molar-refractivity contribution in [3.05, 3.63) is 34.9 Å². The summed E-state index contributed by atoms with van der Waals surface area (Å²) in [6.07, 6.45) is 0.316. The fourth-order valence-corrected chi connectivity index (χ4v) is 1.07. The first kappa shape index (κ1) is 10.1. The van der Waals surface area contributed by atoms with Crippen LogP contribution in [0.1, 0.15) is 10.4 Å². The fraction of sp³-hybridized carbons (Fsp3) is 0.222. The smallest absolute Gasteiger partial charge is 0.339 e. The molecule has 0 N–H and O–H groups in total. The molecule has 1 aromatic carbocycles. The highest BCUT2D eigenvalue weighted by Crippen LogP contribution is 2.15. The van der Waals surface area contributed by atoms with Crippen LogP contribution in [0.3, 0.4) is 0 Å². The molecule has 0 fully saturated rings. The number of hydrogen-bond donors (Lipinski definition) is 0. The van der Waals surface area contributed by atoms with E-state index in [0.717, 1.165) is 0 Å². The first-order valence-corrected chi connectivity index (χ1v) is 4.25. The molecular formula is C9H8BClO2. The minimum atomic E-state index is -0.434. The predicted octanol–water partition coefficient (Wildman–Crippen LogP) is 2.08. The summed E-state index contributed by atoms with van der Waals surface area (Å²) < 4.78 is 4.81. The van der Waals surface area contributed by atoms with Gasteiger partial charge in [0.1, 0.15) is 0 Å². The van der Waals surface area contributed by atoms with Crippen molar-refractivity contribution in [2.75, 3.05) is 6.61 Å². The number of benzene rings is 1. The van der Waals surface area contributed by atoms with Crippen LogP contribution in [0.2, 0.25) is 11.3 Å². The molecule has 0 atom stereocenters. The van der Waals surface area contributed by atoms with Gasteiger partial charge < -0.3 is 4.74 Å². The molecule has 0 aliphatic carbocycles. The highest BCUT2D eigenvalue weighted by Gasteiger charge is 2.09. The lowest BCUT2D eigenvalue weighted by Crippen LogP contribution is -2.06. The summed E-state index contributed by atoms with van der Waals surface area (Å²) in [5, 5.41) is 0.393. The molecule has 2 nitrogen and oxygen atoms in total. The summed E-state index contributed by atoms with van der Waals surface area (Å²) >= 11 is 5.77. The molecule has 1 rings (SSSR count). The minimum Gasteiger partial charge on any atom is -0.463 e. The quantitative estimate of drug-likeness (QED) is 0.544. The number of halogens is 1. The summed E-state index contributed by atoms with van der Waals surface area (Å²) in [6, 6.07) is 6.73. The van der Waals surface area contributed by atoms with Gasteiger partial charge in [0.05, 0.1) is 25.0 Å². The molecule has 4 heteroatoms. The van der Waals surface area contributed by atoms with Gasteiger partial charge >= 0.3 is 5.97 Å². The molecule has 0 saturated carbocycles. The van der Waals surface area contributed by atoms with E-state index in [-0.39, 0.29) is 6.61 Å². The first-order chi connectivity index (χ1) is 6.25. The van der Waals surface area contributed by atoms with Gasteiger partial charge in [0.2, 0.25) is 0 Å². The van der Waals surface area contributed by atoms with Crippen LogP contribution < -0.4 is 0 Å².